The standard InChI is InChI=1S/C13H17ClN2O3S/c1-8-6-10(20(15,18)19)7-11(14)12(8)16-13(17)9-4-2-3-5-9/h6-7,9H,2-5H2,1H3,(H,16,17)(H2,15,18,19). The van der Waals surface area contributed by atoms with E-state index in [4.69, 9.17) is 16.7 Å². The Morgan fingerprint density at radius 1 is 1.35 bits per heavy atom. The van der Waals surface area contributed by atoms with Gasteiger partial charge in [0.15, 0.2) is 0 Å². The van der Waals surface area contributed by atoms with Crippen LogP contribution >= 0.6 is 11.6 Å². The topological polar surface area (TPSA) is 89.3 Å². The van der Waals surface area contributed by atoms with E-state index in [1.165, 1.54) is 12.1 Å². The van der Waals surface area contributed by atoms with Crippen molar-refractivity contribution in [2.24, 2.45) is 11.1 Å². The number of amides is 1. The highest BCUT2D eigenvalue weighted by Gasteiger charge is 2.24. The van der Waals surface area contributed by atoms with E-state index < -0.39 is 10.0 Å². The summed E-state index contributed by atoms with van der Waals surface area (Å²) < 4.78 is 22.6. The van der Waals surface area contributed by atoms with E-state index in [1.54, 1.807) is 6.92 Å². The number of benzene rings is 1. The van der Waals surface area contributed by atoms with Crippen molar-refractivity contribution in [2.75, 3.05) is 5.32 Å². The van der Waals surface area contributed by atoms with E-state index in [1.807, 2.05) is 0 Å². The molecule has 0 unspecified atom stereocenters. The van der Waals surface area contributed by atoms with Gasteiger partial charge in [-0.3, -0.25) is 4.79 Å². The summed E-state index contributed by atoms with van der Waals surface area (Å²) in [6, 6.07) is 2.67. The number of halogens is 1. The van der Waals surface area contributed by atoms with Gasteiger partial charge in [0.1, 0.15) is 0 Å². The van der Waals surface area contributed by atoms with E-state index >= 15 is 0 Å². The van der Waals surface area contributed by atoms with E-state index in [0.717, 1.165) is 25.7 Å². The molecule has 110 valence electrons. The molecule has 0 heterocycles. The molecule has 1 saturated carbocycles. The molecule has 0 aromatic heterocycles. The van der Waals surface area contributed by atoms with Gasteiger partial charge < -0.3 is 5.32 Å². The molecule has 0 bridgehead atoms. The molecule has 1 aliphatic carbocycles. The third kappa shape index (κ3) is 3.31. The largest absolute Gasteiger partial charge is 0.324 e. The van der Waals surface area contributed by atoms with Crippen LogP contribution < -0.4 is 10.5 Å². The lowest BCUT2D eigenvalue weighted by Gasteiger charge is -2.14. The molecule has 0 saturated heterocycles. The first kappa shape index (κ1) is 15.3. The van der Waals surface area contributed by atoms with Crippen molar-refractivity contribution in [1.82, 2.24) is 0 Å². The van der Waals surface area contributed by atoms with E-state index in [9.17, 15) is 13.2 Å². The minimum absolute atomic E-state index is 0.0170. The number of primary sulfonamides is 1. The van der Waals surface area contributed by atoms with Crippen LogP contribution in [0.3, 0.4) is 0 Å². The number of carbonyl (C=O) groups excluding carboxylic acids is 1. The van der Waals surface area contributed by atoms with Gasteiger partial charge in [0.25, 0.3) is 0 Å². The van der Waals surface area contributed by atoms with E-state index in [0.29, 0.717) is 11.3 Å². The Labute approximate surface area is 123 Å². The minimum atomic E-state index is -3.81. The molecule has 0 spiro atoms. The highest BCUT2D eigenvalue weighted by molar-refractivity contribution is 7.89. The quantitative estimate of drug-likeness (QED) is 0.897. The summed E-state index contributed by atoms with van der Waals surface area (Å²) in [6.07, 6.45) is 3.90. The summed E-state index contributed by atoms with van der Waals surface area (Å²) in [5, 5.41) is 8.05. The van der Waals surface area contributed by atoms with Crippen LogP contribution in [0.4, 0.5) is 5.69 Å². The zero-order valence-electron chi connectivity index (χ0n) is 11.1. The maximum atomic E-state index is 12.1. The Morgan fingerprint density at radius 2 is 1.95 bits per heavy atom. The fourth-order valence-corrected chi connectivity index (χ4v) is 3.45. The molecule has 1 amide bonds. The zero-order valence-corrected chi connectivity index (χ0v) is 12.7. The number of aryl methyl sites for hydroxylation is 1. The van der Waals surface area contributed by atoms with Crippen LogP contribution in [0.25, 0.3) is 0 Å². The third-order valence-corrected chi connectivity index (χ3v) is 4.75. The predicted molar refractivity (Wildman–Crippen MR) is 78.1 cm³/mol. The highest BCUT2D eigenvalue weighted by atomic mass is 35.5. The molecule has 0 aliphatic heterocycles. The van der Waals surface area contributed by atoms with Gasteiger partial charge in [-0.2, -0.15) is 0 Å². The molecule has 1 fully saturated rings. The van der Waals surface area contributed by atoms with Gasteiger partial charge in [-0.15, -0.1) is 0 Å². The van der Waals surface area contributed by atoms with Crippen molar-refractivity contribution in [1.29, 1.82) is 0 Å². The monoisotopic (exact) mass is 316 g/mol. The number of hydrogen-bond acceptors (Lipinski definition) is 3. The van der Waals surface area contributed by atoms with Crippen molar-refractivity contribution in [3.63, 3.8) is 0 Å². The maximum Gasteiger partial charge on any atom is 0.238 e. The van der Waals surface area contributed by atoms with Crippen LogP contribution in [0.2, 0.25) is 5.02 Å². The molecule has 20 heavy (non-hydrogen) atoms. The molecule has 1 aliphatic rings. The average molecular weight is 317 g/mol. The average Bonchev–Trinajstić information content (AvgIpc) is 2.85. The first-order valence-electron chi connectivity index (χ1n) is 6.43. The second kappa shape index (κ2) is 5.71. The summed E-state index contributed by atoms with van der Waals surface area (Å²) in [5.41, 5.74) is 1.03. The maximum absolute atomic E-state index is 12.1. The predicted octanol–water partition coefficient (Wildman–Crippen LogP) is 2.42. The SMILES string of the molecule is Cc1cc(S(N)(=O)=O)cc(Cl)c1NC(=O)C1CCCC1. The summed E-state index contributed by atoms with van der Waals surface area (Å²) >= 11 is 6.06. The molecule has 7 heteroatoms. The number of rotatable bonds is 3. The van der Waals surface area contributed by atoms with Crippen LogP contribution in [0.15, 0.2) is 17.0 Å². The van der Waals surface area contributed by atoms with Crippen LogP contribution in [-0.2, 0) is 14.8 Å². The Hall–Kier alpha value is -1.11. The number of nitrogens with two attached hydrogens (primary N) is 1. The van der Waals surface area contributed by atoms with Crippen molar-refractivity contribution >= 4 is 33.2 Å². The molecule has 0 radical (unpaired) electrons. The second-order valence-electron chi connectivity index (χ2n) is 5.11. The minimum Gasteiger partial charge on any atom is -0.324 e. The van der Waals surface area contributed by atoms with Crippen LogP contribution in [0.1, 0.15) is 31.2 Å². The molecule has 0 atom stereocenters. The summed E-state index contributed by atoms with van der Waals surface area (Å²) in [7, 11) is -3.81. The fourth-order valence-electron chi connectivity index (χ4n) is 2.45. The molecule has 1 aromatic carbocycles. The van der Waals surface area contributed by atoms with E-state index in [2.05, 4.69) is 5.32 Å². The van der Waals surface area contributed by atoms with Gasteiger partial charge in [0.05, 0.1) is 15.6 Å². The number of hydrogen-bond donors (Lipinski definition) is 2. The number of carbonyl (C=O) groups is 1. The fraction of sp³-hybridized carbons (Fsp3) is 0.462. The van der Waals surface area contributed by atoms with Crippen molar-refractivity contribution < 1.29 is 13.2 Å². The van der Waals surface area contributed by atoms with E-state index in [-0.39, 0.29) is 21.7 Å². The summed E-state index contributed by atoms with van der Waals surface area (Å²) in [4.78, 5) is 12.0. The molecule has 1 aromatic rings. The van der Waals surface area contributed by atoms with Gasteiger partial charge in [-0.1, -0.05) is 24.4 Å². The Bertz CT molecular complexity index is 614. The third-order valence-electron chi connectivity index (χ3n) is 3.56. The molecular formula is C13H17ClN2O3S. The van der Waals surface area contributed by atoms with Gasteiger partial charge >= 0.3 is 0 Å². The normalized spacial score (nSPS) is 16.4. The Balaban J connectivity index is 2.26. The first-order valence-corrected chi connectivity index (χ1v) is 8.35. The summed E-state index contributed by atoms with van der Waals surface area (Å²) in [5.74, 6) is -0.0424. The molecule has 5 nitrogen and oxygen atoms in total. The van der Waals surface area contributed by atoms with Crippen LogP contribution in [0, 0.1) is 12.8 Å². The summed E-state index contributed by atoms with van der Waals surface area (Å²) in [6.45, 7) is 1.69. The van der Waals surface area contributed by atoms with Crippen LogP contribution in [-0.4, -0.2) is 14.3 Å². The van der Waals surface area contributed by atoms with Crippen LogP contribution in [0.5, 0.6) is 0 Å². The Kier molecular flexibility index (Phi) is 4.36. The zero-order chi connectivity index (χ0) is 14.9. The molecular weight excluding hydrogens is 300 g/mol. The smallest absolute Gasteiger partial charge is 0.238 e. The number of anilines is 1. The lowest BCUT2D eigenvalue weighted by atomic mass is 10.1. The first-order chi connectivity index (χ1) is 9.29. The van der Waals surface area contributed by atoms with Gasteiger partial charge in [-0.25, -0.2) is 13.6 Å². The highest BCUT2D eigenvalue weighted by Crippen LogP contribution is 2.31. The lowest BCUT2D eigenvalue weighted by molar-refractivity contribution is -0.119. The number of nitrogens with one attached hydrogen (secondary N) is 1. The molecule has 2 rings (SSSR count). The second-order valence-corrected chi connectivity index (χ2v) is 7.08. The number of sulfonamides is 1. The van der Waals surface area contributed by atoms with Crippen molar-refractivity contribution in [3.05, 3.63) is 22.7 Å². The van der Waals surface area contributed by atoms with Gasteiger partial charge in [-0.05, 0) is 37.5 Å². The van der Waals surface area contributed by atoms with Crippen molar-refractivity contribution in [2.45, 2.75) is 37.5 Å². The van der Waals surface area contributed by atoms with Gasteiger partial charge in [0, 0.05) is 5.92 Å². The lowest BCUT2D eigenvalue weighted by Crippen LogP contribution is -2.21. The molecule has 3 N–H and O–H groups in total. The Morgan fingerprint density at radius 3 is 2.45 bits per heavy atom. The van der Waals surface area contributed by atoms with Crippen molar-refractivity contribution in [3.8, 4) is 0 Å². The van der Waals surface area contributed by atoms with Gasteiger partial charge in [0.2, 0.25) is 15.9 Å².